The Bertz CT molecular complexity index is 325. The van der Waals surface area contributed by atoms with Gasteiger partial charge in [-0.05, 0) is 18.6 Å². The highest BCUT2D eigenvalue weighted by molar-refractivity contribution is 9.08. The van der Waals surface area contributed by atoms with Gasteiger partial charge in [-0.1, -0.05) is 15.9 Å². The molecule has 0 amide bonds. The minimum atomic E-state index is -0.345. The number of aromatic nitrogens is 1. The fraction of sp³-hybridized carbons (Fsp3) is 0.333. The first kappa shape index (κ1) is 10.2. The van der Waals surface area contributed by atoms with E-state index in [9.17, 15) is 4.79 Å². The van der Waals surface area contributed by atoms with Gasteiger partial charge in [0.15, 0.2) is 0 Å². The number of rotatable bonds is 2. The Morgan fingerprint density at radius 2 is 2.38 bits per heavy atom. The molecular weight excluding hydrogens is 234 g/mol. The molecule has 1 heterocycles. The quantitative estimate of drug-likeness (QED) is 0.590. The van der Waals surface area contributed by atoms with Crippen molar-refractivity contribution in [3.63, 3.8) is 0 Å². The molecule has 70 valence electrons. The van der Waals surface area contributed by atoms with Crippen molar-refractivity contribution in [2.24, 2.45) is 0 Å². The standard InChI is InChI=1S/C9H10BrNO2/c1-6-3-7(4-10)8(5-11-6)9(12)13-2/h3,5H,4H2,1-2H3. The minimum Gasteiger partial charge on any atom is -0.465 e. The second-order valence-electron chi connectivity index (χ2n) is 2.61. The summed E-state index contributed by atoms with van der Waals surface area (Å²) in [6.07, 6.45) is 1.54. The number of methoxy groups -OCH3 is 1. The largest absolute Gasteiger partial charge is 0.465 e. The van der Waals surface area contributed by atoms with Crippen LogP contribution in [-0.2, 0) is 10.1 Å². The van der Waals surface area contributed by atoms with Gasteiger partial charge in [0.05, 0.1) is 12.7 Å². The number of hydrogen-bond donors (Lipinski definition) is 0. The fourth-order valence-electron chi connectivity index (χ4n) is 1.02. The van der Waals surface area contributed by atoms with E-state index in [4.69, 9.17) is 0 Å². The Labute approximate surface area is 85.3 Å². The van der Waals surface area contributed by atoms with Crippen LogP contribution in [0.5, 0.6) is 0 Å². The smallest absolute Gasteiger partial charge is 0.339 e. The molecule has 0 radical (unpaired) electrons. The van der Waals surface area contributed by atoms with E-state index in [2.05, 4.69) is 25.7 Å². The summed E-state index contributed by atoms with van der Waals surface area (Å²) in [5.41, 5.74) is 2.31. The van der Waals surface area contributed by atoms with Gasteiger partial charge in [-0.3, -0.25) is 4.98 Å². The molecule has 0 saturated carbocycles. The second kappa shape index (κ2) is 4.37. The van der Waals surface area contributed by atoms with Crippen LogP contribution in [0.4, 0.5) is 0 Å². The molecule has 0 aliphatic heterocycles. The molecule has 0 aliphatic carbocycles. The number of pyridine rings is 1. The van der Waals surface area contributed by atoms with E-state index in [0.29, 0.717) is 10.9 Å². The lowest BCUT2D eigenvalue weighted by atomic mass is 10.1. The monoisotopic (exact) mass is 243 g/mol. The fourth-order valence-corrected chi connectivity index (χ4v) is 1.48. The third kappa shape index (κ3) is 2.28. The third-order valence-electron chi connectivity index (χ3n) is 1.68. The summed E-state index contributed by atoms with van der Waals surface area (Å²) >= 11 is 3.30. The molecular formula is C9H10BrNO2. The van der Waals surface area contributed by atoms with Crippen molar-refractivity contribution >= 4 is 21.9 Å². The summed E-state index contributed by atoms with van der Waals surface area (Å²) in [5.74, 6) is -0.345. The van der Waals surface area contributed by atoms with Gasteiger partial charge < -0.3 is 4.74 Å². The van der Waals surface area contributed by atoms with E-state index in [1.165, 1.54) is 13.3 Å². The summed E-state index contributed by atoms with van der Waals surface area (Å²) in [5, 5.41) is 0.626. The average molecular weight is 244 g/mol. The molecule has 13 heavy (non-hydrogen) atoms. The maximum atomic E-state index is 11.2. The average Bonchev–Trinajstić information content (AvgIpc) is 2.16. The number of alkyl halides is 1. The maximum Gasteiger partial charge on any atom is 0.339 e. The Balaban J connectivity index is 3.13. The van der Waals surface area contributed by atoms with Crippen molar-refractivity contribution < 1.29 is 9.53 Å². The molecule has 0 aromatic carbocycles. The first-order chi connectivity index (χ1) is 6.19. The molecule has 0 saturated heterocycles. The predicted molar refractivity (Wildman–Crippen MR) is 52.9 cm³/mol. The summed E-state index contributed by atoms with van der Waals surface area (Å²) in [4.78, 5) is 15.3. The van der Waals surface area contributed by atoms with E-state index in [-0.39, 0.29) is 5.97 Å². The Kier molecular flexibility index (Phi) is 3.42. The van der Waals surface area contributed by atoms with Crippen LogP contribution < -0.4 is 0 Å². The van der Waals surface area contributed by atoms with Gasteiger partial charge in [0.2, 0.25) is 0 Å². The lowest BCUT2D eigenvalue weighted by molar-refractivity contribution is 0.0599. The van der Waals surface area contributed by atoms with Crippen LogP contribution in [0.25, 0.3) is 0 Å². The molecule has 0 aliphatic rings. The SMILES string of the molecule is COC(=O)c1cnc(C)cc1CBr. The zero-order valence-corrected chi connectivity index (χ0v) is 9.09. The maximum absolute atomic E-state index is 11.2. The highest BCUT2D eigenvalue weighted by atomic mass is 79.9. The molecule has 0 spiro atoms. The Morgan fingerprint density at radius 1 is 1.69 bits per heavy atom. The molecule has 0 bridgehead atoms. The molecule has 0 fully saturated rings. The first-order valence-corrected chi connectivity index (χ1v) is 4.91. The second-order valence-corrected chi connectivity index (χ2v) is 3.17. The molecule has 1 rings (SSSR count). The van der Waals surface area contributed by atoms with Gasteiger partial charge in [-0.15, -0.1) is 0 Å². The van der Waals surface area contributed by atoms with E-state index in [1.54, 1.807) is 0 Å². The topological polar surface area (TPSA) is 39.2 Å². The summed E-state index contributed by atoms with van der Waals surface area (Å²) < 4.78 is 4.62. The van der Waals surface area contributed by atoms with Crippen molar-refractivity contribution in [3.05, 3.63) is 29.1 Å². The normalized spacial score (nSPS) is 9.77. The van der Waals surface area contributed by atoms with Gasteiger partial charge in [0.1, 0.15) is 0 Å². The van der Waals surface area contributed by atoms with Crippen LogP contribution in [-0.4, -0.2) is 18.1 Å². The molecule has 0 atom stereocenters. The van der Waals surface area contributed by atoms with Crippen LogP contribution in [0, 0.1) is 6.92 Å². The van der Waals surface area contributed by atoms with E-state index < -0.39 is 0 Å². The van der Waals surface area contributed by atoms with Crippen molar-refractivity contribution in [1.29, 1.82) is 0 Å². The molecule has 1 aromatic heterocycles. The third-order valence-corrected chi connectivity index (χ3v) is 2.28. The lowest BCUT2D eigenvalue weighted by Gasteiger charge is -2.04. The molecule has 4 heteroatoms. The number of esters is 1. The van der Waals surface area contributed by atoms with Crippen molar-refractivity contribution in [3.8, 4) is 0 Å². The number of carbonyl (C=O) groups is 1. The van der Waals surface area contributed by atoms with Crippen LogP contribution in [0.1, 0.15) is 21.6 Å². The van der Waals surface area contributed by atoms with E-state index >= 15 is 0 Å². The number of ether oxygens (including phenoxy) is 1. The van der Waals surface area contributed by atoms with Gasteiger partial charge >= 0.3 is 5.97 Å². The van der Waals surface area contributed by atoms with Gasteiger partial charge in [-0.25, -0.2) is 4.79 Å². The lowest BCUT2D eigenvalue weighted by Crippen LogP contribution is -2.06. The summed E-state index contributed by atoms with van der Waals surface area (Å²) in [7, 11) is 1.36. The number of carbonyl (C=O) groups excluding carboxylic acids is 1. The number of aryl methyl sites for hydroxylation is 1. The zero-order valence-electron chi connectivity index (χ0n) is 7.50. The predicted octanol–water partition coefficient (Wildman–Crippen LogP) is 2.07. The molecule has 0 unspecified atom stereocenters. The van der Waals surface area contributed by atoms with Crippen molar-refractivity contribution in [1.82, 2.24) is 4.98 Å². The Hall–Kier alpha value is -0.900. The minimum absolute atomic E-state index is 0.345. The van der Waals surface area contributed by atoms with Gasteiger partial charge in [0.25, 0.3) is 0 Å². The number of hydrogen-bond acceptors (Lipinski definition) is 3. The van der Waals surface area contributed by atoms with Crippen molar-refractivity contribution in [2.45, 2.75) is 12.3 Å². The summed E-state index contributed by atoms with van der Waals surface area (Å²) in [6.45, 7) is 1.88. The number of halogens is 1. The van der Waals surface area contributed by atoms with E-state index in [0.717, 1.165) is 11.3 Å². The highest BCUT2D eigenvalue weighted by Crippen LogP contribution is 2.13. The van der Waals surface area contributed by atoms with Crippen LogP contribution in [0.2, 0.25) is 0 Å². The van der Waals surface area contributed by atoms with E-state index in [1.807, 2.05) is 13.0 Å². The zero-order chi connectivity index (χ0) is 9.84. The molecule has 3 nitrogen and oxygen atoms in total. The molecule has 1 aromatic rings. The van der Waals surface area contributed by atoms with Gasteiger partial charge in [-0.2, -0.15) is 0 Å². The Morgan fingerprint density at radius 3 is 2.92 bits per heavy atom. The van der Waals surface area contributed by atoms with Crippen molar-refractivity contribution in [2.75, 3.05) is 7.11 Å². The molecule has 0 N–H and O–H groups in total. The highest BCUT2D eigenvalue weighted by Gasteiger charge is 2.11. The van der Waals surface area contributed by atoms with Crippen LogP contribution >= 0.6 is 15.9 Å². The number of nitrogens with zero attached hydrogens (tertiary/aromatic N) is 1. The first-order valence-electron chi connectivity index (χ1n) is 3.79. The van der Waals surface area contributed by atoms with Gasteiger partial charge in [0, 0.05) is 17.2 Å². The van der Waals surface area contributed by atoms with Crippen LogP contribution in [0.3, 0.4) is 0 Å². The summed E-state index contributed by atoms with van der Waals surface area (Å²) in [6, 6.07) is 1.86. The van der Waals surface area contributed by atoms with Crippen LogP contribution in [0.15, 0.2) is 12.3 Å².